The Balaban J connectivity index is 1.69. The van der Waals surface area contributed by atoms with Crippen LogP contribution in [0.25, 0.3) is 11.4 Å². The van der Waals surface area contributed by atoms with Crippen LogP contribution in [0, 0.1) is 5.82 Å². The van der Waals surface area contributed by atoms with Gasteiger partial charge in [-0.05, 0) is 38.3 Å². The van der Waals surface area contributed by atoms with Gasteiger partial charge in [-0.1, -0.05) is 24.2 Å². The van der Waals surface area contributed by atoms with E-state index < -0.39 is 0 Å². The Bertz CT molecular complexity index is 733. The van der Waals surface area contributed by atoms with E-state index in [-0.39, 0.29) is 23.8 Å². The second-order valence-electron chi connectivity index (χ2n) is 6.51. The van der Waals surface area contributed by atoms with E-state index in [2.05, 4.69) is 15.5 Å². The third kappa shape index (κ3) is 4.15. The van der Waals surface area contributed by atoms with Crippen molar-refractivity contribution in [1.29, 1.82) is 0 Å². The van der Waals surface area contributed by atoms with E-state index in [0.29, 0.717) is 23.8 Å². The van der Waals surface area contributed by atoms with Gasteiger partial charge in [0.05, 0.1) is 5.92 Å². The number of hydrogen-bond donors (Lipinski definition) is 1. The summed E-state index contributed by atoms with van der Waals surface area (Å²) >= 11 is 0. The molecular formula is C18H23FN4O2. The molecular weight excluding hydrogens is 323 g/mol. The summed E-state index contributed by atoms with van der Waals surface area (Å²) in [4.78, 5) is 18.5. The van der Waals surface area contributed by atoms with Crippen LogP contribution in [0.4, 0.5) is 9.18 Å². The maximum absolute atomic E-state index is 13.4. The minimum Gasteiger partial charge on any atom is -0.339 e. The number of rotatable bonds is 4. The van der Waals surface area contributed by atoms with Crippen LogP contribution in [-0.4, -0.2) is 40.2 Å². The average Bonchev–Trinajstić information content (AvgIpc) is 3.12. The lowest BCUT2D eigenvalue weighted by atomic mass is 9.98. The van der Waals surface area contributed by atoms with Crippen LogP contribution in [0.15, 0.2) is 28.8 Å². The zero-order valence-corrected chi connectivity index (χ0v) is 14.5. The van der Waals surface area contributed by atoms with E-state index in [1.165, 1.54) is 12.1 Å². The van der Waals surface area contributed by atoms with Crippen molar-refractivity contribution < 1.29 is 13.7 Å². The topological polar surface area (TPSA) is 71.3 Å². The van der Waals surface area contributed by atoms with E-state index in [1.54, 1.807) is 17.0 Å². The number of halogens is 1. The Labute approximate surface area is 146 Å². The molecule has 0 spiro atoms. The van der Waals surface area contributed by atoms with E-state index in [0.717, 1.165) is 25.8 Å². The number of carbonyl (C=O) groups is 1. The molecule has 25 heavy (non-hydrogen) atoms. The Kier molecular flexibility index (Phi) is 5.31. The summed E-state index contributed by atoms with van der Waals surface area (Å²) in [7, 11) is 0. The predicted molar refractivity (Wildman–Crippen MR) is 91.5 cm³/mol. The van der Waals surface area contributed by atoms with Gasteiger partial charge >= 0.3 is 6.03 Å². The van der Waals surface area contributed by atoms with Crippen molar-refractivity contribution in [3.63, 3.8) is 0 Å². The van der Waals surface area contributed by atoms with Gasteiger partial charge in [-0.3, -0.25) is 0 Å². The zero-order chi connectivity index (χ0) is 17.8. The smallest absolute Gasteiger partial charge is 0.317 e. The molecule has 1 N–H and O–H groups in total. The Morgan fingerprint density at radius 3 is 3.12 bits per heavy atom. The van der Waals surface area contributed by atoms with Crippen molar-refractivity contribution in [1.82, 2.24) is 20.4 Å². The number of carbonyl (C=O) groups excluding carboxylic acids is 1. The molecule has 7 heteroatoms. The fourth-order valence-electron chi connectivity index (χ4n) is 2.91. The molecule has 0 saturated carbocycles. The third-order valence-corrected chi connectivity index (χ3v) is 4.56. The summed E-state index contributed by atoms with van der Waals surface area (Å²) in [5.74, 6) is 0.539. The molecule has 1 aromatic heterocycles. The molecule has 0 bridgehead atoms. The average molecular weight is 346 g/mol. The van der Waals surface area contributed by atoms with Crippen LogP contribution < -0.4 is 5.32 Å². The summed E-state index contributed by atoms with van der Waals surface area (Å²) in [6.45, 7) is 5.30. The Morgan fingerprint density at radius 2 is 2.36 bits per heavy atom. The summed E-state index contributed by atoms with van der Waals surface area (Å²) in [6.07, 6.45) is 2.66. The first-order valence-electron chi connectivity index (χ1n) is 8.71. The molecule has 1 saturated heterocycles. The third-order valence-electron chi connectivity index (χ3n) is 4.56. The number of nitrogens with one attached hydrogen (secondary N) is 1. The van der Waals surface area contributed by atoms with Gasteiger partial charge in [-0.15, -0.1) is 0 Å². The molecule has 0 unspecified atom stereocenters. The SMILES string of the molecule is CC[C@H](C)NC(=O)N1CCC[C@@H](c2nc(-c3cccc(F)c3)no2)C1. The van der Waals surface area contributed by atoms with Gasteiger partial charge in [0.1, 0.15) is 5.82 Å². The maximum atomic E-state index is 13.4. The van der Waals surface area contributed by atoms with Crippen LogP contribution in [0.2, 0.25) is 0 Å². The van der Waals surface area contributed by atoms with Crippen molar-refractivity contribution in [3.8, 4) is 11.4 Å². The molecule has 1 aromatic carbocycles. The standard InChI is InChI=1S/C18H23FN4O2/c1-3-12(2)20-18(24)23-9-5-7-14(11-23)17-21-16(22-25-17)13-6-4-8-15(19)10-13/h4,6,8,10,12,14H,3,5,7,9,11H2,1-2H3,(H,20,24)/t12-,14+/m0/s1. The summed E-state index contributed by atoms with van der Waals surface area (Å²) < 4.78 is 18.7. The molecule has 1 aliphatic heterocycles. The van der Waals surface area contributed by atoms with Gasteiger partial charge in [0.15, 0.2) is 0 Å². The molecule has 3 rings (SSSR count). The maximum Gasteiger partial charge on any atom is 0.317 e. The highest BCUT2D eigenvalue weighted by Gasteiger charge is 2.29. The molecule has 1 aliphatic rings. The van der Waals surface area contributed by atoms with E-state index in [4.69, 9.17) is 4.52 Å². The fourth-order valence-corrected chi connectivity index (χ4v) is 2.91. The van der Waals surface area contributed by atoms with Crippen LogP contribution >= 0.6 is 0 Å². The van der Waals surface area contributed by atoms with Crippen molar-refractivity contribution in [2.75, 3.05) is 13.1 Å². The lowest BCUT2D eigenvalue weighted by molar-refractivity contribution is 0.169. The van der Waals surface area contributed by atoms with Gasteiger partial charge in [-0.25, -0.2) is 9.18 Å². The number of likely N-dealkylation sites (tertiary alicyclic amines) is 1. The van der Waals surface area contributed by atoms with E-state index >= 15 is 0 Å². The summed E-state index contributed by atoms with van der Waals surface area (Å²) in [5.41, 5.74) is 0.581. The van der Waals surface area contributed by atoms with Crippen LogP contribution in [0.5, 0.6) is 0 Å². The molecule has 1 fully saturated rings. The van der Waals surface area contributed by atoms with Crippen molar-refractivity contribution in [3.05, 3.63) is 36.0 Å². The zero-order valence-electron chi connectivity index (χ0n) is 14.5. The normalized spacial score (nSPS) is 18.8. The highest BCUT2D eigenvalue weighted by Crippen LogP contribution is 2.27. The Morgan fingerprint density at radius 1 is 1.52 bits per heavy atom. The minimum atomic E-state index is -0.339. The number of amides is 2. The van der Waals surface area contributed by atoms with Crippen molar-refractivity contribution in [2.24, 2.45) is 0 Å². The first-order chi connectivity index (χ1) is 12.1. The lowest BCUT2D eigenvalue weighted by Gasteiger charge is -2.31. The molecule has 134 valence electrons. The Hall–Kier alpha value is -2.44. The quantitative estimate of drug-likeness (QED) is 0.919. The number of aromatic nitrogens is 2. The molecule has 2 amide bonds. The van der Waals surface area contributed by atoms with E-state index in [1.807, 2.05) is 13.8 Å². The van der Waals surface area contributed by atoms with Crippen molar-refractivity contribution in [2.45, 2.75) is 45.1 Å². The number of urea groups is 1. The van der Waals surface area contributed by atoms with Crippen molar-refractivity contribution >= 4 is 6.03 Å². The lowest BCUT2D eigenvalue weighted by Crippen LogP contribution is -2.47. The molecule has 2 atom stereocenters. The van der Waals surface area contributed by atoms with Gasteiger partial charge in [0.25, 0.3) is 0 Å². The van der Waals surface area contributed by atoms with Crippen LogP contribution in [0.1, 0.15) is 44.9 Å². The second-order valence-corrected chi connectivity index (χ2v) is 6.51. The van der Waals surface area contributed by atoms with Gasteiger partial charge in [0, 0.05) is 24.7 Å². The number of nitrogens with zero attached hydrogens (tertiary/aromatic N) is 3. The van der Waals surface area contributed by atoms with E-state index in [9.17, 15) is 9.18 Å². The van der Waals surface area contributed by atoms with Gasteiger partial charge in [-0.2, -0.15) is 4.98 Å². The first-order valence-corrected chi connectivity index (χ1v) is 8.71. The largest absolute Gasteiger partial charge is 0.339 e. The molecule has 2 aromatic rings. The second kappa shape index (κ2) is 7.63. The van der Waals surface area contributed by atoms with Crippen LogP contribution in [-0.2, 0) is 0 Å². The molecule has 0 radical (unpaired) electrons. The first kappa shape index (κ1) is 17.4. The number of benzene rings is 1. The monoisotopic (exact) mass is 346 g/mol. The summed E-state index contributed by atoms with van der Waals surface area (Å²) in [5, 5.41) is 6.95. The molecule has 6 nitrogen and oxygen atoms in total. The minimum absolute atomic E-state index is 0.00578. The van der Waals surface area contributed by atoms with Gasteiger partial charge in [0.2, 0.25) is 11.7 Å². The molecule has 2 heterocycles. The number of hydrogen-bond acceptors (Lipinski definition) is 4. The number of piperidine rings is 1. The highest BCUT2D eigenvalue weighted by atomic mass is 19.1. The fraction of sp³-hybridized carbons (Fsp3) is 0.500. The van der Waals surface area contributed by atoms with Gasteiger partial charge < -0.3 is 14.7 Å². The highest BCUT2D eigenvalue weighted by molar-refractivity contribution is 5.74. The predicted octanol–water partition coefficient (Wildman–Crippen LogP) is 3.56. The van der Waals surface area contributed by atoms with Crippen LogP contribution in [0.3, 0.4) is 0 Å². The summed E-state index contributed by atoms with van der Waals surface area (Å²) in [6, 6.07) is 6.20. The molecule has 0 aliphatic carbocycles.